The molecule has 8 heteroatoms. The normalized spacial score (nSPS) is 14.6. The Morgan fingerprint density at radius 2 is 1.67 bits per heavy atom. The molecule has 1 aliphatic heterocycles. The summed E-state index contributed by atoms with van der Waals surface area (Å²) in [4.78, 5) is 33.5. The van der Waals surface area contributed by atoms with Crippen molar-refractivity contribution in [3.05, 3.63) is 161 Å². The van der Waals surface area contributed by atoms with Crippen LogP contribution in [0.3, 0.4) is 0 Å². The second-order valence-electron chi connectivity index (χ2n) is 11.2. The largest absolute Gasteiger partial charge is 0.488 e. The molecule has 0 saturated heterocycles. The van der Waals surface area contributed by atoms with Crippen LogP contribution in [0, 0.1) is 0 Å². The Morgan fingerprint density at radius 1 is 0.978 bits per heavy atom. The quantitative estimate of drug-likeness (QED) is 0.157. The summed E-state index contributed by atoms with van der Waals surface area (Å²) in [5.74, 6) is 0.410. The van der Waals surface area contributed by atoms with Crippen molar-refractivity contribution in [2.45, 2.75) is 39.3 Å². The number of benzene rings is 4. The van der Waals surface area contributed by atoms with Crippen molar-refractivity contribution in [3.63, 3.8) is 0 Å². The lowest BCUT2D eigenvalue weighted by Crippen LogP contribution is -2.40. The van der Waals surface area contributed by atoms with E-state index in [0.717, 1.165) is 22.3 Å². The highest BCUT2D eigenvalue weighted by Gasteiger charge is 2.35. The Kier molecular flexibility index (Phi) is 9.33. The van der Waals surface area contributed by atoms with Crippen molar-refractivity contribution in [3.8, 4) is 5.75 Å². The van der Waals surface area contributed by atoms with Gasteiger partial charge in [-0.3, -0.25) is 9.36 Å². The van der Waals surface area contributed by atoms with Gasteiger partial charge in [-0.15, -0.1) is 0 Å². The summed E-state index contributed by atoms with van der Waals surface area (Å²) in [6, 6.07) is 32.1. The van der Waals surface area contributed by atoms with E-state index in [0.29, 0.717) is 49.5 Å². The molecule has 1 atom stereocenters. The van der Waals surface area contributed by atoms with E-state index in [9.17, 15) is 9.59 Å². The SMILES string of the molecule is CCOC(=O)C1=C(c2ccccc2)N=c2s/c(=C\c3cc(Cl)ccc3OCc3ccccc3)c(=O)n2[C@@H]1c1ccc(C(C)C)cc1. The average molecular weight is 649 g/mol. The maximum atomic E-state index is 14.4. The van der Waals surface area contributed by atoms with Crippen molar-refractivity contribution in [2.75, 3.05) is 6.61 Å². The number of hydrogen-bond donors (Lipinski definition) is 0. The lowest BCUT2D eigenvalue weighted by atomic mass is 9.91. The number of hydrogen-bond acceptors (Lipinski definition) is 6. The monoisotopic (exact) mass is 648 g/mol. The van der Waals surface area contributed by atoms with E-state index in [4.69, 9.17) is 26.1 Å². The number of esters is 1. The number of carbonyl (C=O) groups excluding carboxylic acids is 1. The molecular weight excluding hydrogens is 616 g/mol. The maximum absolute atomic E-state index is 14.4. The van der Waals surface area contributed by atoms with Crippen LogP contribution in [0.5, 0.6) is 5.75 Å². The number of aromatic nitrogens is 1. The summed E-state index contributed by atoms with van der Waals surface area (Å²) in [6.07, 6.45) is 1.78. The van der Waals surface area contributed by atoms with E-state index < -0.39 is 12.0 Å². The van der Waals surface area contributed by atoms with Crippen LogP contribution in [0.2, 0.25) is 5.02 Å². The minimum atomic E-state index is -0.748. The van der Waals surface area contributed by atoms with Gasteiger partial charge in [0.25, 0.3) is 5.56 Å². The molecule has 0 amide bonds. The zero-order chi connectivity index (χ0) is 32.2. The number of thiazole rings is 1. The van der Waals surface area contributed by atoms with Crippen LogP contribution < -0.4 is 19.6 Å². The van der Waals surface area contributed by atoms with E-state index in [1.54, 1.807) is 35.8 Å². The Labute approximate surface area is 276 Å². The first-order valence-corrected chi connectivity index (χ1v) is 16.4. The predicted octanol–water partition coefficient (Wildman–Crippen LogP) is 7.29. The van der Waals surface area contributed by atoms with Crippen LogP contribution in [0.4, 0.5) is 0 Å². The molecule has 0 unspecified atom stereocenters. The van der Waals surface area contributed by atoms with Crippen molar-refractivity contribution in [1.29, 1.82) is 0 Å². The maximum Gasteiger partial charge on any atom is 0.338 e. The van der Waals surface area contributed by atoms with Gasteiger partial charge in [-0.25, -0.2) is 9.79 Å². The fraction of sp³-hybridized carbons (Fsp3) is 0.184. The molecule has 0 aliphatic carbocycles. The molecule has 4 aromatic carbocycles. The molecule has 232 valence electrons. The molecule has 0 bridgehead atoms. The van der Waals surface area contributed by atoms with Gasteiger partial charge in [0.2, 0.25) is 0 Å². The molecule has 1 aliphatic rings. The molecule has 0 saturated carbocycles. The van der Waals surface area contributed by atoms with E-state index in [-0.39, 0.29) is 12.2 Å². The number of halogens is 1. The zero-order valence-electron chi connectivity index (χ0n) is 25.8. The third-order valence-corrected chi connectivity index (χ3v) is 9.01. The molecule has 0 radical (unpaired) electrons. The second kappa shape index (κ2) is 13.7. The van der Waals surface area contributed by atoms with Crippen LogP contribution >= 0.6 is 22.9 Å². The molecule has 0 fully saturated rings. The molecule has 2 heterocycles. The first-order chi connectivity index (χ1) is 22.3. The average Bonchev–Trinajstić information content (AvgIpc) is 3.38. The van der Waals surface area contributed by atoms with Crippen LogP contribution in [-0.4, -0.2) is 17.1 Å². The fourth-order valence-electron chi connectivity index (χ4n) is 5.46. The third kappa shape index (κ3) is 6.48. The van der Waals surface area contributed by atoms with Crippen molar-refractivity contribution in [2.24, 2.45) is 4.99 Å². The predicted molar refractivity (Wildman–Crippen MR) is 184 cm³/mol. The van der Waals surface area contributed by atoms with Crippen LogP contribution in [0.1, 0.15) is 60.5 Å². The molecule has 0 spiro atoms. The number of rotatable bonds is 9. The van der Waals surface area contributed by atoms with Crippen molar-refractivity contribution in [1.82, 2.24) is 4.57 Å². The molecular formula is C38H33ClN2O4S. The summed E-state index contributed by atoms with van der Waals surface area (Å²) in [7, 11) is 0. The summed E-state index contributed by atoms with van der Waals surface area (Å²) in [6.45, 7) is 6.58. The Hall–Kier alpha value is -4.72. The molecule has 6 nitrogen and oxygen atoms in total. The van der Waals surface area contributed by atoms with Gasteiger partial charge in [0.1, 0.15) is 12.4 Å². The number of fused-ring (bicyclic) bond motifs is 1. The van der Waals surface area contributed by atoms with Crippen molar-refractivity contribution >= 4 is 40.7 Å². The molecule has 46 heavy (non-hydrogen) atoms. The van der Waals surface area contributed by atoms with Gasteiger partial charge >= 0.3 is 5.97 Å². The topological polar surface area (TPSA) is 69.9 Å². The minimum absolute atomic E-state index is 0.189. The number of ether oxygens (including phenoxy) is 2. The minimum Gasteiger partial charge on any atom is -0.488 e. The smallest absolute Gasteiger partial charge is 0.338 e. The second-order valence-corrected chi connectivity index (χ2v) is 12.7. The first-order valence-electron chi connectivity index (χ1n) is 15.2. The molecule has 6 rings (SSSR count). The summed E-state index contributed by atoms with van der Waals surface area (Å²) in [5.41, 5.74) is 4.93. The van der Waals surface area contributed by atoms with Crippen molar-refractivity contribution < 1.29 is 14.3 Å². The number of nitrogens with zero attached hydrogens (tertiary/aromatic N) is 2. The highest BCUT2D eigenvalue weighted by Crippen LogP contribution is 2.35. The summed E-state index contributed by atoms with van der Waals surface area (Å²) >= 11 is 7.68. The van der Waals surface area contributed by atoms with E-state index in [2.05, 4.69) is 13.8 Å². The van der Waals surface area contributed by atoms with Crippen LogP contribution in [0.15, 0.2) is 118 Å². The van der Waals surface area contributed by atoms with Gasteiger partial charge in [-0.1, -0.05) is 122 Å². The van der Waals surface area contributed by atoms with Gasteiger partial charge in [-0.05, 0) is 53.8 Å². The molecule has 0 N–H and O–H groups in total. The van der Waals surface area contributed by atoms with Gasteiger partial charge in [-0.2, -0.15) is 0 Å². The van der Waals surface area contributed by atoms with Crippen LogP contribution in [-0.2, 0) is 16.1 Å². The van der Waals surface area contributed by atoms with Gasteiger partial charge < -0.3 is 9.47 Å². The Balaban J connectivity index is 1.55. The van der Waals surface area contributed by atoms with E-state index >= 15 is 0 Å². The van der Waals surface area contributed by atoms with Gasteiger partial charge in [0.05, 0.1) is 28.5 Å². The standard InChI is InChI=1S/C38H33ClN2O4S/c1-4-44-37(43)33-34(27-13-9-6-10-14-27)40-38-41(35(33)28-17-15-26(16-18-28)24(2)3)36(42)32(46-38)22-29-21-30(39)19-20-31(29)45-23-25-11-7-5-8-12-25/h5-22,24,35H,4,23H2,1-3H3/b32-22-/t35-/m1/s1. The van der Waals surface area contributed by atoms with Gasteiger partial charge in [0, 0.05) is 16.1 Å². The highest BCUT2D eigenvalue weighted by atomic mass is 35.5. The summed E-state index contributed by atoms with van der Waals surface area (Å²) in [5, 5.41) is 0.519. The zero-order valence-corrected chi connectivity index (χ0v) is 27.3. The molecule has 5 aromatic rings. The highest BCUT2D eigenvalue weighted by molar-refractivity contribution is 7.07. The van der Waals surface area contributed by atoms with E-state index in [1.807, 2.05) is 84.9 Å². The number of carbonyl (C=O) groups is 1. The lowest BCUT2D eigenvalue weighted by molar-refractivity contribution is -0.138. The molecule has 1 aromatic heterocycles. The Morgan fingerprint density at radius 3 is 2.35 bits per heavy atom. The Bertz CT molecular complexity index is 2080. The third-order valence-electron chi connectivity index (χ3n) is 7.79. The van der Waals surface area contributed by atoms with Crippen LogP contribution in [0.25, 0.3) is 11.8 Å². The lowest BCUT2D eigenvalue weighted by Gasteiger charge is -2.26. The fourth-order valence-corrected chi connectivity index (χ4v) is 6.63. The first kappa shape index (κ1) is 31.3. The summed E-state index contributed by atoms with van der Waals surface area (Å²) < 4.78 is 13.8. The van der Waals surface area contributed by atoms with Gasteiger partial charge in [0.15, 0.2) is 4.80 Å². The van der Waals surface area contributed by atoms with E-state index in [1.165, 1.54) is 11.3 Å².